The van der Waals surface area contributed by atoms with Crippen molar-refractivity contribution in [2.75, 3.05) is 13.1 Å². The van der Waals surface area contributed by atoms with Crippen LogP contribution in [0.3, 0.4) is 0 Å². The van der Waals surface area contributed by atoms with Crippen LogP contribution >= 0.6 is 0 Å². The van der Waals surface area contributed by atoms with Gasteiger partial charge in [0.15, 0.2) is 0 Å². The summed E-state index contributed by atoms with van der Waals surface area (Å²) >= 11 is 0. The highest BCUT2D eigenvalue weighted by Crippen LogP contribution is 2.30. The molecule has 0 saturated carbocycles. The van der Waals surface area contributed by atoms with E-state index in [1.807, 2.05) is 11.8 Å². The number of carbonyl (C=O) groups excluding carboxylic acids is 1. The Balaban J connectivity index is 1.45. The van der Waals surface area contributed by atoms with E-state index in [4.69, 9.17) is 0 Å². The lowest BCUT2D eigenvalue weighted by Crippen LogP contribution is -2.39. The Bertz CT molecular complexity index is 747. The average molecular weight is 326 g/mol. The Kier molecular flexibility index (Phi) is 4.00. The minimum Gasteiger partial charge on any atom is -0.338 e. The van der Waals surface area contributed by atoms with Gasteiger partial charge in [-0.1, -0.05) is 6.92 Å². The third kappa shape index (κ3) is 2.57. The zero-order valence-corrected chi connectivity index (χ0v) is 14.0. The number of nitrogens with zero attached hydrogens (tertiary/aromatic N) is 6. The van der Waals surface area contributed by atoms with Crippen molar-refractivity contribution in [2.45, 2.75) is 51.5 Å². The molecule has 24 heavy (non-hydrogen) atoms. The topological polar surface area (TPSA) is 76.8 Å². The molecule has 0 aliphatic carbocycles. The summed E-state index contributed by atoms with van der Waals surface area (Å²) < 4.78 is 2.28. The Morgan fingerprint density at radius 2 is 2.08 bits per heavy atom. The fourth-order valence-electron chi connectivity index (χ4n) is 3.80. The summed E-state index contributed by atoms with van der Waals surface area (Å²) in [5.41, 5.74) is 1.47. The third-order valence-electron chi connectivity index (χ3n) is 5.15. The molecule has 0 bridgehead atoms. The molecule has 2 aliphatic rings. The van der Waals surface area contributed by atoms with Gasteiger partial charge in [0, 0.05) is 38.2 Å². The number of amides is 1. The molecule has 0 N–H and O–H groups in total. The van der Waals surface area contributed by atoms with Gasteiger partial charge >= 0.3 is 0 Å². The van der Waals surface area contributed by atoms with E-state index < -0.39 is 0 Å². The minimum atomic E-state index is 0.0531. The van der Waals surface area contributed by atoms with Gasteiger partial charge in [0.25, 0.3) is 5.91 Å². The first-order valence-electron chi connectivity index (χ1n) is 8.78. The van der Waals surface area contributed by atoms with Gasteiger partial charge in [0.2, 0.25) is 0 Å². The molecule has 0 atom stereocenters. The molecule has 2 aliphatic heterocycles. The van der Waals surface area contributed by atoms with E-state index in [0.717, 1.165) is 62.7 Å². The lowest BCUT2D eigenvalue weighted by Gasteiger charge is -2.31. The summed E-state index contributed by atoms with van der Waals surface area (Å²) in [6, 6.07) is 0. The summed E-state index contributed by atoms with van der Waals surface area (Å²) in [5.74, 6) is 2.70. The molecule has 0 aromatic carbocycles. The lowest BCUT2D eigenvalue weighted by atomic mass is 9.95. The number of rotatable bonds is 3. The first-order valence-corrected chi connectivity index (χ1v) is 8.78. The fraction of sp³-hybridized carbons (Fsp3) is 0.588. The van der Waals surface area contributed by atoms with Crippen LogP contribution in [0.1, 0.15) is 59.8 Å². The second kappa shape index (κ2) is 6.30. The number of hydrogen-bond acceptors (Lipinski definition) is 5. The number of carbonyl (C=O) groups is 1. The maximum absolute atomic E-state index is 12.8. The minimum absolute atomic E-state index is 0.0531. The SMILES string of the molecule is CCc1ncncc1C(=O)N1CCC(c2nnc3n2CCC3)CC1. The van der Waals surface area contributed by atoms with Crippen LogP contribution < -0.4 is 0 Å². The van der Waals surface area contributed by atoms with Crippen LogP contribution in [0.4, 0.5) is 0 Å². The van der Waals surface area contributed by atoms with Crippen LogP contribution in [0, 0.1) is 0 Å². The number of likely N-dealkylation sites (tertiary alicyclic amines) is 1. The van der Waals surface area contributed by atoms with Gasteiger partial charge < -0.3 is 9.47 Å². The van der Waals surface area contributed by atoms with E-state index in [-0.39, 0.29) is 5.91 Å². The van der Waals surface area contributed by atoms with Crippen molar-refractivity contribution in [2.24, 2.45) is 0 Å². The zero-order valence-electron chi connectivity index (χ0n) is 14.0. The largest absolute Gasteiger partial charge is 0.338 e. The van der Waals surface area contributed by atoms with E-state index >= 15 is 0 Å². The molecule has 4 heterocycles. The fourth-order valence-corrected chi connectivity index (χ4v) is 3.80. The standard InChI is InChI=1S/C17H22N6O/c1-2-14-13(10-18-11-19-14)17(24)22-8-5-12(6-9-22)16-21-20-15-4-3-7-23(15)16/h10-12H,2-9H2,1H3. The van der Waals surface area contributed by atoms with E-state index in [1.54, 1.807) is 6.20 Å². The van der Waals surface area contributed by atoms with Gasteiger partial charge in [-0.25, -0.2) is 9.97 Å². The predicted octanol–water partition coefficient (Wildman–Crippen LogP) is 1.60. The Morgan fingerprint density at radius 3 is 2.88 bits per heavy atom. The van der Waals surface area contributed by atoms with Crippen LogP contribution in [-0.2, 0) is 19.4 Å². The van der Waals surface area contributed by atoms with Gasteiger partial charge in [0.1, 0.15) is 18.0 Å². The van der Waals surface area contributed by atoms with Crippen molar-refractivity contribution in [1.29, 1.82) is 0 Å². The Hall–Kier alpha value is -2.31. The maximum atomic E-state index is 12.8. The predicted molar refractivity (Wildman–Crippen MR) is 87.6 cm³/mol. The smallest absolute Gasteiger partial charge is 0.257 e. The van der Waals surface area contributed by atoms with E-state index in [2.05, 4.69) is 24.7 Å². The van der Waals surface area contributed by atoms with Crippen molar-refractivity contribution in [1.82, 2.24) is 29.6 Å². The van der Waals surface area contributed by atoms with Crippen LogP contribution in [0.25, 0.3) is 0 Å². The number of piperidine rings is 1. The number of fused-ring (bicyclic) bond motifs is 1. The molecule has 126 valence electrons. The molecule has 0 spiro atoms. The van der Waals surface area contributed by atoms with Crippen LogP contribution in [0.2, 0.25) is 0 Å². The molecule has 1 fully saturated rings. The van der Waals surface area contributed by atoms with Crippen molar-refractivity contribution in [3.8, 4) is 0 Å². The molecular weight excluding hydrogens is 304 g/mol. The second-order valence-corrected chi connectivity index (χ2v) is 6.53. The highest BCUT2D eigenvalue weighted by atomic mass is 16.2. The van der Waals surface area contributed by atoms with E-state index in [0.29, 0.717) is 11.5 Å². The van der Waals surface area contributed by atoms with Gasteiger partial charge in [-0.3, -0.25) is 4.79 Å². The van der Waals surface area contributed by atoms with Gasteiger partial charge in [-0.15, -0.1) is 10.2 Å². The van der Waals surface area contributed by atoms with Gasteiger partial charge in [-0.2, -0.15) is 0 Å². The molecule has 2 aromatic heterocycles. The summed E-state index contributed by atoms with van der Waals surface area (Å²) in [6.45, 7) is 4.56. The molecular formula is C17H22N6O. The summed E-state index contributed by atoms with van der Waals surface area (Å²) in [7, 11) is 0. The van der Waals surface area contributed by atoms with Crippen molar-refractivity contribution in [3.63, 3.8) is 0 Å². The maximum Gasteiger partial charge on any atom is 0.257 e. The first-order chi connectivity index (χ1) is 11.8. The zero-order chi connectivity index (χ0) is 16.5. The van der Waals surface area contributed by atoms with Crippen LogP contribution in [0.5, 0.6) is 0 Å². The molecule has 0 radical (unpaired) electrons. The normalized spacial score (nSPS) is 18.0. The molecule has 7 heteroatoms. The Labute approximate surface area is 141 Å². The molecule has 0 unspecified atom stereocenters. The molecule has 1 amide bonds. The van der Waals surface area contributed by atoms with E-state index in [9.17, 15) is 4.79 Å². The summed E-state index contributed by atoms with van der Waals surface area (Å²) in [4.78, 5) is 23.0. The average Bonchev–Trinajstić information content (AvgIpc) is 3.25. The molecule has 4 rings (SSSR count). The monoisotopic (exact) mass is 326 g/mol. The second-order valence-electron chi connectivity index (χ2n) is 6.53. The Morgan fingerprint density at radius 1 is 1.25 bits per heavy atom. The highest BCUT2D eigenvalue weighted by Gasteiger charge is 2.30. The number of hydrogen-bond donors (Lipinski definition) is 0. The van der Waals surface area contributed by atoms with Crippen molar-refractivity contribution >= 4 is 5.91 Å². The van der Waals surface area contributed by atoms with E-state index in [1.165, 1.54) is 12.7 Å². The van der Waals surface area contributed by atoms with Crippen LogP contribution in [0.15, 0.2) is 12.5 Å². The summed E-state index contributed by atoms with van der Waals surface area (Å²) in [6.07, 6.45) is 7.99. The van der Waals surface area contributed by atoms with Crippen molar-refractivity contribution in [3.05, 3.63) is 35.4 Å². The lowest BCUT2D eigenvalue weighted by molar-refractivity contribution is 0.0708. The molecule has 2 aromatic rings. The molecule has 1 saturated heterocycles. The summed E-state index contributed by atoms with van der Waals surface area (Å²) in [5, 5.41) is 8.72. The first kappa shape index (κ1) is 15.2. The van der Waals surface area contributed by atoms with Crippen LogP contribution in [-0.4, -0.2) is 48.6 Å². The van der Waals surface area contributed by atoms with Gasteiger partial charge in [0.05, 0.1) is 11.3 Å². The van der Waals surface area contributed by atoms with Crippen molar-refractivity contribution < 1.29 is 4.79 Å². The third-order valence-corrected chi connectivity index (χ3v) is 5.15. The molecule has 7 nitrogen and oxygen atoms in total. The van der Waals surface area contributed by atoms with Gasteiger partial charge in [-0.05, 0) is 25.7 Å². The number of aromatic nitrogens is 5. The number of aryl methyl sites for hydroxylation is 2. The highest BCUT2D eigenvalue weighted by molar-refractivity contribution is 5.95. The quantitative estimate of drug-likeness (QED) is 0.856.